The molecule has 116 valence electrons. The average molecular weight is 330 g/mol. The number of fused-ring (bicyclic) bond motifs is 1. The summed E-state index contributed by atoms with van der Waals surface area (Å²) in [5, 5.41) is 15.9. The van der Waals surface area contributed by atoms with E-state index in [1.807, 2.05) is 0 Å². The number of nitrogens with one attached hydrogen (secondary N) is 2. The molecule has 1 aliphatic rings. The van der Waals surface area contributed by atoms with Crippen LogP contribution < -0.4 is 10.6 Å². The highest BCUT2D eigenvalue weighted by Crippen LogP contribution is 2.35. The zero-order valence-electron chi connectivity index (χ0n) is 11.8. The molecule has 2 amide bonds. The van der Waals surface area contributed by atoms with Crippen molar-refractivity contribution in [3.05, 3.63) is 45.0 Å². The van der Waals surface area contributed by atoms with Gasteiger partial charge in [0.05, 0.1) is 22.4 Å². The van der Waals surface area contributed by atoms with Crippen molar-refractivity contribution >= 4 is 51.3 Å². The van der Waals surface area contributed by atoms with E-state index in [1.165, 1.54) is 19.2 Å². The van der Waals surface area contributed by atoms with Crippen LogP contribution in [0.25, 0.3) is 11.6 Å². The molecule has 0 fully saturated rings. The fourth-order valence-electron chi connectivity index (χ4n) is 2.14. The lowest BCUT2D eigenvalue weighted by molar-refractivity contribution is -0.380. The largest absolute Gasteiger partial charge is 0.325 e. The van der Waals surface area contributed by atoms with E-state index in [2.05, 4.69) is 15.6 Å². The number of thiophene rings is 1. The topological polar surface area (TPSA) is 114 Å². The van der Waals surface area contributed by atoms with Crippen LogP contribution in [0, 0.1) is 10.1 Å². The van der Waals surface area contributed by atoms with Gasteiger partial charge >= 0.3 is 5.00 Å². The minimum absolute atomic E-state index is 0.000556. The lowest BCUT2D eigenvalue weighted by atomic mass is 10.1. The van der Waals surface area contributed by atoms with Gasteiger partial charge in [-0.05, 0) is 18.2 Å². The highest BCUT2D eigenvalue weighted by molar-refractivity contribution is 7.16. The van der Waals surface area contributed by atoms with Crippen molar-refractivity contribution in [1.29, 1.82) is 0 Å². The summed E-state index contributed by atoms with van der Waals surface area (Å²) in [4.78, 5) is 38.1. The van der Waals surface area contributed by atoms with Gasteiger partial charge in [-0.2, -0.15) is 0 Å². The van der Waals surface area contributed by atoms with Crippen molar-refractivity contribution in [2.24, 2.45) is 0 Å². The maximum atomic E-state index is 12.1. The lowest BCUT2D eigenvalue weighted by Crippen LogP contribution is -2.06. The predicted molar refractivity (Wildman–Crippen MR) is 86.0 cm³/mol. The summed E-state index contributed by atoms with van der Waals surface area (Å²) >= 11 is 0.974. The Morgan fingerprint density at radius 2 is 2.26 bits per heavy atom. The molecule has 1 aliphatic heterocycles. The number of nitrogens with zero attached hydrogens (tertiary/aromatic N) is 2. The molecule has 0 aliphatic carbocycles. The van der Waals surface area contributed by atoms with E-state index < -0.39 is 4.92 Å². The predicted octanol–water partition coefficient (Wildman–Crippen LogP) is 2.50. The Balaban J connectivity index is 2.00. The van der Waals surface area contributed by atoms with Gasteiger partial charge in [0.2, 0.25) is 5.91 Å². The number of rotatable bonds is 3. The lowest BCUT2D eigenvalue weighted by Gasteiger charge is -2.03. The number of anilines is 2. The van der Waals surface area contributed by atoms with E-state index in [4.69, 9.17) is 0 Å². The van der Waals surface area contributed by atoms with Gasteiger partial charge in [0.15, 0.2) is 0 Å². The number of carbonyl (C=O) groups excluding carboxylic acids is 2. The van der Waals surface area contributed by atoms with Gasteiger partial charge in [-0.3, -0.25) is 19.7 Å². The van der Waals surface area contributed by atoms with Crippen molar-refractivity contribution < 1.29 is 14.5 Å². The average Bonchev–Trinajstić information content (AvgIpc) is 3.05. The molecule has 2 aromatic rings. The number of amides is 2. The number of pyridine rings is 1. The van der Waals surface area contributed by atoms with Gasteiger partial charge in [0.25, 0.3) is 5.91 Å². The van der Waals surface area contributed by atoms with Gasteiger partial charge in [-0.25, -0.2) is 4.98 Å². The zero-order chi connectivity index (χ0) is 16.6. The van der Waals surface area contributed by atoms with Gasteiger partial charge < -0.3 is 10.6 Å². The van der Waals surface area contributed by atoms with Crippen LogP contribution in [0.4, 0.5) is 16.5 Å². The second-order valence-corrected chi connectivity index (χ2v) is 5.84. The molecule has 9 heteroatoms. The molecule has 0 spiro atoms. The van der Waals surface area contributed by atoms with Gasteiger partial charge in [-0.1, -0.05) is 11.3 Å². The zero-order valence-corrected chi connectivity index (χ0v) is 12.6. The van der Waals surface area contributed by atoms with Crippen molar-refractivity contribution in [1.82, 2.24) is 4.98 Å². The molecule has 3 heterocycles. The van der Waals surface area contributed by atoms with Crippen molar-refractivity contribution in [2.45, 2.75) is 6.92 Å². The van der Waals surface area contributed by atoms with Crippen LogP contribution in [0.15, 0.2) is 24.4 Å². The molecule has 0 saturated carbocycles. The Bertz CT molecular complexity index is 871. The smallest absolute Gasteiger partial charge is 0.324 e. The third-order valence-electron chi connectivity index (χ3n) is 3.05. The van der Waals surface area contributed by atoms with Crippen molar-refractivity contribution in [3.63, 3.8) is 0 Å². The van der Waals surface area contributed by atoms with Gasteiger partial charge in [-0.15, -0.1) is 0 Å². The van der Waals surface area contributed by atoms with Crippen molar-refractivity contribution in [3.8, 4) is 0 Å². The Morgan fingerprint density at radius 1 is 1.48 bits per heavy atom. The molecule has 0 unspecified atom stereocenters. The van der Waals surface area contributed by atoms with Crippen LogP contribution in [0.3, 0.4) is 0 Å². The van der Waals surface area contributed by atoms with E-state index in [0.29, 0.717) is 27.5 Å². The highest BCUT2D eigenvalue weighted by atomic mass is 32.1. The van der Waals surface area contributed by atoms with Gasteiger partial charge in [0, 0.05) is 23.4 Å². The molecule has 0 saturated heterocycles. The van der Waals surface area contributed by atoms with E-state index in [9.17, 15) is 19.7 Å². The van der Waals surface area contributed by atoms with E-state index >= 15 is 0 Å². The fraction of sp³-hybridized carbons (Fsp3) is 0.0714. The Kier molecular flexibility index (Phi) is 3.62. The number of aromatic nitrogens is 1. The maximum Gasteiger partial charge on any atom is 0.324 e. The summed E-state index contributed by atoms with van der Waals surface area (Å²) in [7, 11) is 0. The van der Waals surface area contributed by atoms with E-state index in [-0.39, 0.29) is 16.8 Å². The fourth-order valence-corrected chi connectivity index (χ4v) is 2.91. The second kappa shape index (κ2) is 5.61. The number of hydrogen-bond acceptors (Lipinski definition) is 6. The van der Waals surface area contributed by atoms with Crippen LogP contribution in [0.5, 0.6) is 0 Å². The summed E-state index contributed by atoms with van der Waals surface area (Å²) < 4.78 is 0. The monoisotopic (exact) mass is 330 g/mol. The molecular weight excluding hydrogens is 320 g/mol. The molecule has 23 heavy (non-hydrogen) atoms. The van der Waals surface area contributed by atoms with Gasteiger partial charge in [0.1, 0.15) is 5.82 Å². The Hall–Kier alpha value is -3.07. The Morgan fingerprint density at radius 3 is 2.91 bits per heavy atom. The first-order valence-electron chi connectivity index (χ1n) is 6.49. The maximum absolute atomic E-state index is 12.1. The standard InChI is InChI=1S/C14H10N4O4S/c1-7(19)16-8-4-10-11(14(20)17-13(10)15-6-8)5-9-2-3-12(23-9)18(21)22/h2-6H,1H3,(H,16,19)(H,15,17,20). The first-order chi connectivity index (χ1) is 10.9. The molecule has 2 N–H and O–H groups in total. The molecule has 0 atom stereocenters. The minimum Gasteiger partial charge on any atom is -0.325 e. The molecule has 0 aromatic carbocycles. The first kappa shape index (κ1) is 14.9. The van der Waals surface area contributed by atoms with Crippen LogP contribution in [-0.2, 0) is 9.59 Å². The highest BCUT2D eigenvalue weighted by Gasteiger charge is 2.26. The minimum atomic E-state index is -0.480. The number of hydrogen-bond donors (Lipinski definition) is 2. The quantitative estimate of drug-likeness (QED) is 0.510. The molecule has 0 bridgehead atoms. The van der Waals surface area contributed by atoms with Crippen molar-refractivity contribution in [2.75, 3.05) is 10.6 Å². The summed E-state index contributed by atoms with van der Waals surface area (Å²) in [6.07, 6.45) is 3.01. The third kappa shape index (κ3) is 2.94. The number of nitro groups is 1. The molecular formula is C14H10N4O4S. The summed E-state index contributed by atoms with van der Waals surface area (Å²) in [6, 6.07) is 4.60. The summed E-state index contributed by atoms with van der Waals surface area (Å²) in [5.41, 5.74) is 1.35. The Labute approximate surface area is 134 Å². The molecule has 3 rings (SSSR count). The van der Waals surface area contributed by atoms with E-state index in [1.54, 1.807) is 18.2 Å². The molecule has 2 aromatic heterocycles. The SMILES string of the molecule is CC(=O)Nc1cnc2c(c1)C(=Cc1ccc([N+](=O)[O-])s1)C(=O)N2. The normalized spacial score (nSPS) is 14.5. The third-order valence-corrected chi connectivity index (χ3v) is 4.04. The van der Waals surface area contributed by atoms with Crippen LogP contribution in [-0.4, -0.2) is 21.7 Å². The van der Waals surface area contributed by atoms with Crippen LogP contribution in [0.2, 0.25) is 0 Å². The molecule has 8 nitrogen and oxygen atoms in total. The summed E-state index contributed by atoms with van der Waals surface area (Å²) in [6.45, 7) is 1.37. The van der Waals surface area contributed by atoms with Crippen LogP contribution >= 0.6 is 11.3 Å². The molecule has 0 radical (unpaired) electrons. The summed E-state index contributed by atoms with van der Waals surface area (Å²) in [5.74, 6) is -0.201. The number of carbonyl (C=O) groups is 2. The van der Waals surface area contributed by atoms with Crippen LogP contribution in [0.1, 0.15) is 17.4 Å². The second-order valence-electron chi connectivity index (χ2n) is 4.75. The first-order valence-corrected chi connectivity index (χ1v) is 7.31. The van der Waals surface area contributed by atoms with E-state index in [0.717, 1.165) is 11.3 Å².